The molecule has 3 rings (SSSR count). The molecule has 1 heterocycles. The summed E-state index contributed by atoms with van der Waals surface area (Å²) < 4.78 is 0. The fourth-order valence-electron chi connectivity index (χ4n) is 2.70. The van der Waals surface area contributed by atoms with Crippen LogP contribution in [0.3, 0.4) is 0 Å². The Labute approximate surface area is 174 Å². The highest BCUT2D eigenvalue weighted by atomic mass is 35.5. The van der Waals surface area contributed by atoms with E-state index in [2.05, 4.69) is 15.6 Å². The molecule has 0 fully saturated rings. The van der Waals surface area contributed by atoms with Gasteiger partial charge in [0.25, 0.3) is 5.91 Å². The molecule has 3 amide bonds. The minimum atomic E-state index is -0.369. The molecule has 0 aliphatic heterocycles. The second-order valence-electron chi connectivity index (χ2n) is 6.60. The van der Waals surface area contributed by atoms with Crippen molar-refractivity contribution < 1.29 is 9.59 Å². The van der Waals surface area contributed by atoms with Crippen molar-refractivity contribution in [3.05, 3.63) is 88.7 Å². The van der Waals surface area contributed by atoms with Crippen LogP contribution >= 0.6 is 11.6 Å². The van der Waals surface area contributed by atoms with Crippen molar-refractivity contribution in [3.63, 3.8) is 0 Å². The zero-order valence-electron chi connectivity index (χ0n) is 16.1. The van der Waals surface area contributed by atoms with Gasteiger partial charge in [-0.25, -0.2) is 4.79 Å². The number of urea groups is 1. The van der Waals surface area contributed by atoms with Crippen LogP contribution in [0, 0.1) is 6.92 Å². The number of aromatic nitrogens is 1. The van der Waals surface area contributed by atoms with Crippen molar-refractivity contribution in [1.29, 1.82) is 0 Å². The van der Waals surface area contributed by atoms with E-state index in [1.165, 1.54) is 4.90 Å². The fraction of sp³-hybridized carbons (Fsp3) is 0.136. The molecule has 0 aliphatic carbocycles. The molecule has 0 saturated carbocycles. The van der Waals surface area contributed by atoms with Crippen LogP contribution in [-0.2, 0) is 6.54 Å². The monoisotopic (exact) mass is 408 g/mol. The first-order valence-electron chi connectivity index (χ1n) is 9.02. The SMILES string of the molecule is Cc1ccc(NC(=O)N(C)Cc2cccc(Cl)c2NC(=O)c2ccccn2)cc1. The van der Waals surface area contributed by atoms with Crippen LogP contribution in [0.2, 0.25) is 5.02 Å². The Balaban J connectivity index is 1.73. The Morgan fingerprint density at radius 1 is 1.00 bits per heavy atom. The van der Waals surface area contributed by atoms with Crippen LogP contribution in [-0.4, -0.2) is 28.9 Å². The molecule has 0 radical (unpaired) electrons. The quantitative estimate of drug-likeness (QED) is 0.626. The Hall–Kier alpha value is -3.38. The summed E-state index contributed by atoms with van der Waals surface area (Å²) in [5.41, 5.74) is 3.28. The van der Waals surface area contributed by atoms with Crippen molar-refractivity contribution in [2.75, 3.05) is 17.7 Å². The van der Waals surface area contributed by atoms with Gasteiger partial charge in [0.2, 0.25) is 0 Å². The molecule has 148 valence electrons. The number of amides is 3. The lowest BCUT2D eigenvalue weighted by molar-refractivity contribution is 0.102. The van der Waals surface area contributed by atoms with Gasteiger partial charge < -0.3 is 15.5 Å². The van der Waals surface area contributed by atoms with E-state index in [9.17, 15) is 9.59 Å². The van der Waals surface area contributed by atoms with E-state index >= 15 is 0 Å². The van der Waals surface area contributed by atoms with E-state index in [0.717, 1.165) is 5.56 Å². The van der Waals surface area contributed by atoms with Gasteiger partial charge in [-0.2, -0.15) is 0 Å². The number of aryl methyl sites for hydroxylation is 1. The molecule has 0 saturated heterocycles. The summed E-state index contributed by atoms with van der Waals surface area (Å²) in [6.45, 7) is 2.24. The first kappa shape index (κ1) is 20.4. The number of carbonyl (C=O) groups excluding carboxylic acids is 2. The maximum absolute atomic E-state index is 12.5. The molecule has 2 N–H and O–H groups in total. The maximum atomic E-state index is 12.5. The van der Waals surface area contributed by atoms with E-state index in [-0.39, 0.29) is 24.2 Å². The van der Waals surface area contributed by atoms with Gasteiger partial charge in [0.1, 0.15) is 5.69 Å². The molecule has 3 aromatic rings. The highest BCUT2D eigenvalue weighted by molar-refractivity contribution is 6.34. The molecule has 2 aromatic carbocycles. The van der Waals surface area contributed by atoms with E-state index in [1.54, 1.807) is 43.6 Å². The first-order chi connectivity index (χ1) is 13.9. The first-order valence-corrected chi connectivity index (χ1v) is 9.40. The minimum absolute atomic E-state index is 0.260. The molecule has 6 nitrogen and oxygen atoms in total. The maximum Gasteiger partial charge on any atom is 0.321 e. The molecule has 0 unspecified atom stereocenters. The average Bonchev–Trinajstić information content (AvgIpc) is 2.72. The van der Waals surface area contributed by atoms with Crippen molar-refractivity contribution in [2.45, 2.75) is 13.5 Å². The third-order valence-corrected chi connectivity index (χ3v) is 4.61. The summed E-state index contributed by atoms with van der Waals surface area (Å²) in [5.74, 6) is -0.369. The molecule has 0 spiro atoms. The number of halogens is 1. The van der Waals surface area contributed by atoms with Gasteiger partial charge in [0.15, 0.2) is 0 Å². The summed E-state index contributed by atoms with van der Waals surface area (Å²) in [5, 5.41) is 6.04. The number of rotatable bonds is 5. The van der Waals surface area contributed by atoms with Crippen molar-refractivity contribution in [3.8, 4) is 0 Å². The predicted molar refractivity (Wildman–Crippen MR) is 115 cm³/mol. The summed E-state index contributed by atoms with van der Waals surface area (Å²) in [6.07, 6.45) is 1.55. The van der Waals surface area contributed by atoms with Gasteiger partial charge in [0.05, 0.1) is 10.7 Å². The van der Waals surface area contributed by atoms with Crippen LogP contribution in [0.1, 0.15) is 21.6 Å². The topological polar surface area (TPSA) is 74.3 Å². The third-order valence-electron chi connectivity index (χ3n) is 4.29. The Kier molecular flexibility index (Phi) is 6.46. The van der Waals surface area contributed by atoms with Gasteiger partial charge in [-0.1, -0.05) is 47.5 Å². The van der Waals surface area contributed by atoms with E-state index < -0.39 is 0 Å². The van der Waals surface area contributed by atoms with Crippen LogP contribution < -0.4 is 10.6 Å². The van der Waals surface area contributed by atoms with Gasteiger partial charge in [-0.15, -0.1) is 0 Å². The molecule has 0 atom stereocenters. The Morgan fingerprint density at radius 2 is 1.76 bits per heavy atom. The Morgan fingerprint density at radius 3 is 2.45 bits per heavy atom. The number of hydrogen-bond donors (Lipinski definition) is 2. The number of nitrogens with zero attached hydrogens (tertiary/aromatic N) is 2. The van der Waals surface area contributed by atoms with Gasteiger partial charge >= 0.3 is 6.03 Å². The number of carbonyl (C=O) groups is 2. The van der Waals surface area contributed by atoms with Gasteiger partial charge in [-0.05, 0) is 42.8 Å². The number of hydrogen-bond acceptors (Lipinski definition) is 3. The third kappa shape index (κ3) is 5.33. The normalized spacial score (nSPS) is 10.3. The summed E-state index contributed by atoms with van der Waals surface area (Å²) in [6, 6.07) is 17.6. The lowest BCUT2D eigenvalue weighted by atomic mass is 10.1. The second kappa shape index (κ2) is 9.21. The highest BCUT2D eigenvalue weighted by Gasteiger charge is 2.16. The van der Waals surface area contributed by atoms with E-state index in [0.29, 0.717) is 22.0 Å². The molecule has 29 heavy (non-hydrogen) atoms. The molecule has 0 bridgehead atoms. The largest absolute Gasteiger partial charge is 0.323 e. The zero-order chi connectivity index (χ0) is 20.8. The Bertz CT molecular complexity index is 1010. The number of pyridine rings is 1. The van der Waals surface area contributed by atoms with E-state index in [1.807, 2.05) is 37.3 Å². The van der Waals surface area contributed by atoms with Crippen molar-refractivity contribution >= 4 is 34.9 Å². The van der Waals surface area contributed by atoms with Crippen LogP contribution in [0.4, 0.5) is 16.2 Å². The van der Waals surface area contributed by atoms with E-state index in [4.69, 9.17) is 11.6 Å². The van der Waals surface area contributed by atoms with Crippen LogP contribution in [0.15, 0.2) is 66.9 Å². The number of benzene rings is 2. The number of anilines is 2. The smallest absolute Gasteiger partial charge is 0.321 e. The van der Waals surface area contributed by atoms with Gasteiger partial charge in [0, 0.05) is 25.5 Å². The second-order valence-corrected chi connectivity index (χ2v) is 7.00. The summed E-state index contributed by atoms with van der Waals surface area (Å²) in [4.78, 5) is 30.6. The minimum Gasteiger partial charge on any atom is -0.323 e. The average molecular weight is 409 g/mol. The number of nitrogens with one attached hydrogen (secondary N) is 2. The lowest BCUT2D eigenvalue weighted by Gasteiger charge is -2.21. The highest BCUT2D eigenvalue weighted by Crippen LogP contribution is 2.27. The lowest BCUT2D eigenvalue weighted by Crippen LogP contribution is -2.31. The predicted octanol–water partition coefficient (Wildman–Crippen LogP) is 4.96. The molecular weight excluding hydrogens is 388 g/mol. The summed E-state index contributed by atoms with van der Waals surface area (Å²) in [7, 11) is 1.68. The molecule has 7 heteroatoms. The zero-order valence-corrected chi connectivity index (χ0v) is 16.9. The molecule has 0 aliphatic rings. The van der Waals surface area contributed by atoms with Crippen molar-refractivity contribution in [2.24, 2.45) is 0 Å². The standard InChI is InChI=1S/C22H21ClN4O2/c1-15-9-11-17(12-10-15)25-22(29)27(2)14-16-6-5-7-18(23)20(16)26-21(28)19-8-3-4-13-24-19/h3-13H,14H2,1-2H3,(H,25,29)(H,26,28). The number of para-hydroxylation sites is 1. The van der Waals surface area contributed by atoms with Crippen LogP contribution in [0.25, 0.3) is 0 Å². The van der Waals surface area contributed by atoms with Gasteiger partial charge in [-0.3, -0.25) is 9.78 Å². The van der Waals surface area contributed by atoms with Crippen LogP contribution in [0.5, 0.6) is 0 Å². The summed E-state index contributed by atoms with van der Waals surface area (Å²) >= 11 is 6.31. The molecule has 1 aromatic heterocycles. The van der Waals surface area contributed by atoms with Crippen molar-refractivity contribution in [1.82, 2.24) is 9.88 Å². The molecular formula is C22H21ClN4O2. The fourth-order valence-corrected chi connectivity index (χ4v) is 2.94.